The van der Waals surface area contributed by atoms with Crippen molar-refractivity contribution in [1.82, 2.24) is 5.32 Å². The van der Waals surface area contributed by atoms with Crippen LogP contribution in [0.25, 0.3) is 0 Å². The predicted octanol–water partition coefficient (Wildman–Crippen LogP) is 2.23. The third-order valence-electron chi connectivity index (χ3n) is 1.67. The topological polar surface area (TPSA) is 12.0 Å². The monoisotopic (exact) mass is 162 g/mol. The first-order chi connectivity index (χ1) is 5.79. The van der Waals surface area contributed by atoms with Gasteiger partial charge in [-0.05, 0) is 24.1 Å². The van der Waals surface area contributed by atoms with Gasteiger partial charge in [-0.2, -0.15) is 0 Å². The van der Waals surface area contributed by atoms with E-state index in [-0.39, 0.29) is 0 Å². The largest absolute Gasteiger partial charge is 0.312 e. The van der Waals surface area contributed by atoms with Crippen LogP contribution < -0.4 is 5.32 Å². The first-order valence-corrected chi connectivity index (χ1v) is 4.44. The highest BCUT2D eigenvalue weighted by Crippen LogP contribution is 1.97. The second-order valence-electron chi connectivity index (χ2n) is 3.43. The molecule has 0 saturated heterocycles. The Balaban J connectivity index is 2.25. The number of hydrogen-bond acceptors (Lipinski definition) is 1. The van der Waals surface area contributed by atoms with Crippen LogP contribution in [0.3, 0.4) is 0 Å². The predicted molar refractivity (Wildman–Crippen MR) is 51.8 cm³/mol. The zero-order valence-electron chi connectivity index (χ0n) is 7.80. The molecule has 1 rings (SSSR count). The molecule has 0 aliphatic rings. The van der Waals surface area contributed by atoms with Crippen molar-refractivity contribution in [2.75, 3.05) is 6.54 Å². The third-order valence-corrected chi connectivity index (χ3v) is 1.67. The molecule has 0 spiro atoms. The van der Waals surface area contributed by atoms with Gasteiger partial charge >= 0.3 is 0 Å². The van der Waals surface area contributed by atoms with Crippen LogP contribution in [0.2, 0.25) is 0 Å². The molecule has 1 radical (unpaired) electrons. The Kier molecular flexibility index (Phi) is 3.81. The highest BCUT2D eigenvalue weighted by Gasteiger charge is 1.93. The standard InChI is InChI=1S/C11H16N/c1-10(2)8-12-9-11-6-4-3-5-7-11/h4-7,10,12H,8-9H2,1-2H3. The minimum atomic E-state index is 0.722. The normalized spacial score (nSPS) is 10.6. The SMILES string of the molecule is CC(C)CNCc1cc[c]cc1. The lowest BCUT2D eigenvalue weighted by Gasteiger charge is -2.06. The summed E-state index contributed by atoms with van der Waals surface area (Å²) >= 11 is 0. The maximum absolute atomic E-state index is 3.39. The molecule has 1 aromatic carbocycles. The molecule has 1 N–H and O–H groups in total. The van der Waals surface area contributed by atoms with Crippen molar-refractivity contribution in [2.24, 2.45) is 5.92 Å². The molecule has 65 valence electrons. The van der Waals surface area contributed by atoms with Gasteiger partial charge in [-0.25, -0.2) is 0 Å². The maximum atomic E-state index is 3.39. The molecule has 0 aliphatic carbocycles. The van der Waals surface area contributed by atoms with E-state index in [9.17, 15) is 0 Å². The Morgan fingerprint density at radius 1 is 1.33 bits per heavy atom. The van der Waals surface area contributed by atoms with Crippen LogP contribution in [0.4, 0.5) is 0 Å². The van der Waals surface area contributed by atoms with Gasteiger partial charge in [0.25, 0.3) is 0 Å². The van der Waals surface area contributed by atoms with Gasteiger partial charge in [-0.15, -0.1) is 0 Å². The summed E-state index contributed by atoms with van der Waals surface area (Å²) < 4.78 is 0. The Morgan fingerprint density at radius 2 is 2.00 bits per heavy atom. The lowest BCUT2D eigenvalue weighted by Crippen LogP contribution is -2.18. The van der Waals surface area contributed by atoms with Gasteiger partial charge in [0.2, 0.25) is 0 Å². The number of rotatable bonds is 4. The van der Waals surface area contributed by atoms with Gasteiger partial charge in [0.05, 0.1) is 0 Å². The van der Waals surface area contributed by atoms with E-state index in [1.807, 2.05) is 12.1 Å². The molecule has 0 unspecified atom stereocenters. The maximum Gasteiger partial charge on any atom is 0.0205 e. The van der Waals surface area contributed by atoms with Gasteiger partial charge in [0.1, 0.15) is 0 Å². The zero-order valence-corrected chi connectivity index (χ0v) is 7.80. The number of nitrogens with one attached hydrogen (secondary N) is 1. The average Bonchev–Trinajstić information content (AvgIpc) is 2.05. The fraction of sp³-hybridized carbons (Fsp3) is 0.455. The lowest BCUT2D eigenvalue weighted by molar-refractivity contribution is 0.552. The molecule has 0 aliphatic heterocycles. The van der Waals surface area contributed by atoms with Gasteiger partial charge in [0.15, 0.2) is 0 Å². The Bertz CT molecular complexity index is 204. The summed E-state index contributed by atoms with van der Waals surface area (Å²) in [5.74, 6) is 0.722. The molecule has 0 fully saturated rings. The minimum Gasteiger partial charge on any atom is -0.312 e. The highest BCUT2D eigenvalue weighted by atomic mass is 14.8. The van der Waals surface area contributed by atoms with Crippen molar-refractivity contribution in [3.63, 3.8) is 0 Å². The molecule has 1 heteroatoms. The molecule has 0 bridgehead atoms. The number of benzene rings is 1. The quantitative estimate of drug-likeness (QED) is 0.716. The molecule has 1 aromatic rings. The summed E-state index contributed by atoms with van der Waals surface area (Å²) in [6.45, 7) is 6.48. The lowest BCUT2D eigenvalue weighted by atomic mass is 10.2. The van der Waals surface area contributed by atoms with Crippen molar-refractivity contribution in [2.45, 2.75) is 20.4 Å². The summed E-state index contributed by atoms with van der Waals surface area (Å²) in [5, 5.41) is 3.39. The van der Waals surface area contributed by atoms with Crippen molar-refractivity contribution in [3.05, 3.63) is 35.9 Å². The highest BCUT2D eigenvalue weighted by molar-refractivity contribution is 5.13. The van der Waals surface area contributed by atoms with E-state index in [0.717, 1.165) is 19.0 Å². The molecular weight excluding hydrogens is 146 g/mol. The van der Waals surface area contributed by atoms with E-state index in [4.69, 9.17) is 0 Å². The molecule has 0 amide bonds. The van der Waals surface area contributed by atoms with E-state index < -0.39 is 0 Å². The summed E-state index contributed by atoms with van der Waals surface area (Å²) in [7, 11) is 0. The van der Waals surface area contributed by atoms with Crippen molar-refractivity contribution in [3.8, 4) is 0 Å². The number of hydrogen-bond donors (Lipinski definition) is 1. The molecular formula is C11H16N. The summed E-state index contributed by atoms with van der Waals surface area (Å²) in [6.07, 6.45) is 0. The molecule has 1 nitrogen and oxygen atoms in total. The van der Waals surface area contributed by atoms with Crippen LogP contribution >= 0.6 is 0 Å². The van der Waals surface area contributed by atoms with E-state index in [1.54, 1.807) is 0 Å². The average molecular weight is 162 g/mol. The summed E-state index contributed by atoms with van der Waals surface area (Å²) in [6, 6.07) is 11.1. The summed E-state index contributed by atoms with van der Waals surface area (Å²) in [4.78, 5) is 0. The van der Waals surface area contributed by atoms with Gasteiger partial charge in [-0.3, -0.25) is 0 Å². The van der Waals surface area contributed by atoms with Crippen LogP contribution in [0.1, 0.15) is 19.4 Å². The van der Waals surface area contributed by atoms with E-state index in [0.29, 0.717) is 0 Å². The minimum absolute atomic E-state index is 0.722. The van der Waals surface area contributed by atoms with Crippen molar-refractivity contribution < 1.29 is 0 Å². The van der Waals surface area contributed by atoms with Gasteiger partial charge in [-0.1, -0.05) is 38.1 Å². The molecule has 0 saturated carbocycles. The van der Waals surface area contributed by atoms with E-state index in [1.165, 1.54) is 5.56 Å². The zero-order chi connectivity index (χ0) is 8.81. The second-order valence-corrected chi connectivity index (χ2v) is 3.43. The Hall–Kier alpha value is -0.820. The van der Waals surface area contributed by atoms with E-state index in [2.05, 4.69) is 37.4 Å². The summed E-state index contributed by atoms with van der Waals surface area (Å²) in [5.41, 5.74) is 1.33. The smallest absolute Gasteiger partial charge is 0.0205 e. The van der Waals surface area contributed by atoms with Crippen LogP contribution in [0.5, 0.6) is 0 Å². The van der Waals surface area contributed by atoms with Crippen LogP contribution in [-0.4, -0.2) is 6.54 Å². The fourth-order valence-corrected chi connectivity index (χ4v) is 1.04. The van der Waals surface area contributed by atoms with Gasteiger partial charge < -0.3 is 5.32 Å². The Morgan fingerprint density at radius 3 is 2.58 bits per heavy atom. The third kappa shape index (κ3) is 3.54. The van der Waals surface area contributed by atoms with Crippen molar-refractivity contribution >= 4 is 0 Å². The van der Waals surface area contributed by atoms with Crippen LogP contribution in [0.15, 0.2) is 24.3 Å². The molecule has 0 heterocycles. The molecule has 12 heavy (non-hydrogen) atoms. The Labute approximate surface area is 74.8 Å². The first-order valence-electron chi connectivity index (χ1n) is 4.44. The first kappa shape index (κ1) is 9.27. The molecule has 0 atom stereocenters. The van der Waals surface area contributed by atoms with Crippen LogP contribution in [-0.2, 0) is 6.54 Å². The van der Waals surface area contributed by atoms with Gasteiger partial charge in [0, 0.05) is 6.54 Å². The fourth-order valence-electron chi connectivity index (χ4n) is 1.04. The van der Waals surface area contributed by atoms with E-state index >= 15 is 0 Å². The second kappa shape index (κ2) is 4.94. The molecule has 0 aromatic heterocycles. The van der Waals surface area contributed by atoms with Crippen LogP contribution in [0, 0.1) is 12.0 Å². The van der Waals surface area contributed by atoms with Crippen molar-refractivity contribution in [1.29, 1.82) is 0 Å².